The van der Waals surface area contributed by atoms with E-state index in [0.29, 0.717) is 11.9 Å². The highest BCUT2D eigenvalue weighted by atomic mass is 16.5. The molecular formula is C12H24O2. The minimum atomic E-state index is 0.196. The summed E-state index contributed by atoms with van der Waals surface area (Å²) < 4.78 is 5.41. The number of ether oxygens (including phenoxy) is 1. The van der Waals surface area contributed by atoms with Crippen LogP contribution in [0.5, 0.6) is 0 Å². The van der Waals surface area contributed by atoms with E-state index in [4.69, 9.17) is 4.74 Å². The molecule has 0 aromatic carbocycles. The first-order valence-corrected chi connectivity index (χ1v) is 5.68. The van der Waals surface area contributed by atoms with Gasteiger partial charge in [-0.2, -0.15) is 0 Å². The first kappa shape index (κ1) is 13.6. The van der Waals surface area contributed by atoms with Gasteiger partial charge in [-0.25, -0.2) is 0 Å². The first-order valence-electron chi connectivity index (χ1n) is 5.68. The Kier molecular flexibility index (Phi) is 7.77. The molecule has 0 heterocycles. The normalized spacial score (nSPS) is 11.3. The summed E-state index contributed by atoms with van der Waals surface area (Å²) in [5.41, 5.74) is 0. The molecular weight excluding hydrogens is 176 g/mol. The molecule has 0 aromatic rings. The quantitative estimate of drug-likeness (QED) is 0.562. The van der Waals surface area contributed by atoms with Crippen LogP contribution in [0.2, 0.25) is 0 Å². The smallest absolute Gasteiger partial charge is 0.135 e. The summed E-state index contributed by atoms with van der Waals surface area (Å²) in [6.07, 6.45) is 4.25. The van der Waals surface area contributed by atoms with Gasteiger partial charge in [-0.3, -0.25) is 4.79 Å². The Balaban J connectivity index is 3.18. The minimum absolute atomic E-state index is 0.196. The molecule has 0 unspecified atom stereocenters. The van der Waals surface area contributed by atoms with Crippen molar-refractivity contribution in [2.24, 2.45) is 5.92 Å². The number of rotatable bonds is 8. The van der Waals surface area contributed by atoms with E-state index in [-0.39, 0.29) is 5.92 Å². The van der Waals surface area contributed by atoms with Gasteiger partial charge in [0, 0.05) is 18.9 Å². The van der Waals surface area contributed by atoms with Crippen LogP contribution in [0.3, 0.4) is 0 Å². The summed E-state index contributed by atoms with van der Waals surface area (Å²) >= 11 is 0. The van der Waals surface area contributed by atoms with Crippen LogP contribution in [0.25, 0.3) is 0 Å². The van der Waals surface area contributed by atoms with Gasteiger partial charge in [0.05, 0.1) is 6.10 Å². The summed E-state index contributed by atoms with van der Waals surface area (Å²) in [6.45, 7) is 8.84. The van der Waals surface area contributed by atoms with Gasteiger partial charge in [-0.05, 0) is 26.7 Å². The Labute approximate surface area is 88.0 Å². The highest BCUT2D eigenvalue weighted by Gasteiger charge is 2.05. The zero-order valence-electron chi connectivity index (χ0n) is 10.0. The van der Waals surface area contributed by atoms with E-state index in [1.807, 2.05) is 27.7 Å². The van der Waals surface area contributed by atoms with Crippen molar-refractivity contribution < 1.29 is 9.53 Å². The molecule has 0 amide bonds. The van der Waals surface area contributed by atoms with Crippen molar-refractivity contribution in [3.8, 4) is 0 Å². The van der Waals surface area contributed by atoms with Gasteiger partial charge in [0.1, 0.15) is 5.78 Å². The Morgan fingerprint density at radius 2 is 1.71 bits per heavy atom. The van der Waals surface area contributed by atoms with Crippen molar-refractivity contribution in [2.45, 2.75) is 59.5 Å². The monoisotopic (exact) mass is 200 g/mol. The average Bonchev–Trinajstić information content (AvgIpc) is 2.09. The van der Waals surface area contributed by atoms with Crippen molar-refractivity contribution >= 4 is 5.78 Å². The van der Waals surface area contributed by atoms with Crippen molar-refractivity contribution in [2.75, 3.05) is 6.61 Å². The molecule has 0 saturated heterocycles. The molecule has 14 heavy (non-hydrogen) atoms. The Bertz CT molecular complexity index is 150. The average molecular weight is 200 g/mol. The molecule has 0 spiro atoms. The van der Waals surface area contributed by atoms with E-state index < -0.39 is 0 Å². The molecule has 0 N–H and O–H groups in total. The van der Waals surface area contributed by atoms with E-state index in [1.165, 1.54) is 0 Å². The summed E-state index contributed by atoms with van der Waals surface area (Å²) in [7, 11) is 0. The fourth-order valence-corrected chi connectivity index (χ4v) is 1.19. The summed E-state index contributed by atoms with van der Waals surface area (Å²) in [4.78, 5) is 11.3. The molecule has 0 atom stereocenters. The number of unbranched alkanes of at least 4 members (excludes halogenated alkanes) is 2. The van der Waals surface area contributed by atoms with Gasteiger partial charge >= 0.3 is 0 Å². The summed E-state index contributed by atoms with van der Waals surface area (Å²) in [5.74, 6) is 0.580. The van der Waals surface area contributed by atoms with Gasteiger partial charge in [0.15, 0.2) is 0 Å². The zero-order valence-corrected chi connectivity index (χ0v) is 10.0. The van der Waals surface area contributed by atoms with E-state index in [0.717, 1.165) is 32.3 Å². The van der Waals surface area contributed by atoms with Crippen LogP contribution >= 0.6 is 0 Å². The molecule has 84 valence electrons. The molecule has 0 rings (SSSR count). The second-order valence-corrected chi connectivity index (χ2v) is 4.35. The standard InChI is InChI=1S/C12H24O2/c1-10(2)12(13)8-6-5-7-9-14-11(3)4/h10-11H,5-9H2,1-4H3. The Morgan fingerprint density at radius 3 is 2.21 bits per heavy atom. The lowest BCUT2D eigenvalue weighted by Gasteiger charge is -2.07. The van der Waals surface area contributed by atoms with Crippen LogP contribution in [0.15, 0.2) is 0 Å². The molecule has 0 saturated carbocycles. The molecule has 0 aliphatic carbocycles. The third kappa shape index (κ3) is 8.24. The lowest BCUT2D eigenvalue weighted by molar-refractivity contribution is -0.122. The molecule has 0 fully saturated rings. The summed E-state index contributed by atoms with van der Waals surface area (Å²) in [5, 5.41) is 0. The lowest BCUT2D eigenvalue weighted by atomic mass is 10.0. The van der Waals surface area contributed by atoms with Crippen LogP contribution in [-0.2, 0) is 9.53 Å². The van der Waals surface area contributed by atoms with Crippen molar-refractivity contribution in [3.63, 3.8) is 0 Å². The van der Waals surface area contributed by atoms with Crippen molar-refractivity contribution in [3.05, 3.63) is 0 Å². The van der Waals surface area contributed by atoms with E-state index in [9.17, 15) is 4.79 Å². The topological polar surface area (TPSA) is 26.3 Å². The number of ketones is 1. The predicted octanol–water partition coefficient (Wildman–Crippen LogP) is 3.20. The van der Waals surface area contributed by atoms with Gasteiger partial charge in [-0.1, -0.05) is 20.3 Å². The maximum atomic E-state index is 11.3. The molecule has 0 radical (unpaired) electrons. The molecule has 0 aromatic heterocycles. The maximum absolute atomic E-state index is 11.3. The maximum Gasteiger partial charge on any atom is 0.135 e. The highest BCUT2D eigenvalue weighted by molar-refractivity contribution is 5.80. The lowest BCUT2D eigenvalue weighted by Crippen LogP contribution is -2.07. The predicted molar refractivity (Wildman–Crippen MR) is 59.4 cm³/mol. The Hall–Kier alpha value is -0.370. The van der Waals surface area contributed by atoms with Gasteiger partial charge < -0.3 is 4.74 Å². The molecule has 0 aliphatic rings. The Morgan fingerprint density at radius 1 is 1.07 bits per heavy atom. The molecule has 0 aliphatic heterocycles. The third-order valence-corrected chi connectivity index (χ3v) is 2.16. The van der Waals surface area contributed by atoms with Crippen LogP contribution < -0.4 is 0 Å². The molecule has 0 bridgehead atoms. The first-order chi connectivity index (χ1) is 6.54. The second-order valence-electron chi connectivity index (χ2n) is 4.35. The SMILES string of the molecule is CC(C)OCCCCCC(=O)C(C)C. The summed E-state index contributed by atoms with van der Waals surface area (Å²) in [6, 6.07) is 0. The number of hydrogen-bond donors (Lipinski definition) is 0. The van der Waals surface area contributed by atoms with E-state index in [2.05, 4.69) is 0 Å². The fourth-order valence-electron chi connectivity index (χ4n) is 1.19. The van der Waals surface area contributed by atoms with Crippen LogP contribution in [0.4, 0.5) is 0 Å². The minimum Gasteiger partial charge on any atom is -0.379 e. The van der Waals surface area contributed by atoms with Crippen molar-refractivity contribution in [1.82, 2.24) is 0 Å². The van der Waals surface area contributed by atoms with Gasteiger partial charge in [0.2, 0.25) is 0 Å². The third-order valence-electron chi connectivity index (χ3n) is 2.16. The van der Waals surface area contributed by atoms with Crippen molar-refractivity contribution in [1.29, 1.82) is 0 Å². The molecule has 2 heteroatoms. The van der Waals surface area contributed by atoms with Crippen LogP contribution in [0, 0.1) is 5.92 Å². The number of carbonyl (C=O) groups is 1. The largest absolute Gasteiger partial charge is 0.379 e. The van der Waals surface area contributed by atoms with Gasteiger partial charge in [-0.15, -0.1) is 0 Å². The zero-order chi connectivity index (χ0) is 11.0. The second kappa shape index (κ2) is 7.98. The number of hydrogen-bond acceptors (Lipinski definition) is 2. The van der Waals surface area contributed by atoms with E-state index >= 15 is 0 Å². The fraction of sp³-hybridized carbons (Fsp3) is 0.917. The van der Waals surface area contributed by atoms with Gasteiger partial charge in [0.25, 0.3) is 0 Å². The number of carbonyl (C=O) groups excluding carboxylic acids is 1. The van der Waals surface area contributed by atoms with Crippen LogP contribution in [-0.4, -0.2) is 18.5 Å². The molecule has 2 nitrogen and oxygen atoms in total. The van der Waals surface area contributed by atoms with E-state index in [1.54, 1.807) is 0 Å². The number of Topliss-reactive ketones (excluding diaryl/α,β-unsaturated/α-hetero) is 1. The van der Waals surface area contributed by atoms with Crippen LogP contribution in [0.1, 0.15) is 53.4 Å². The highest BCUT2D eigenvalue weighted by Crippen LogP contribution is 2.06.